The molecule has 0 heterocycles. The van der Waals surface area contributed by atoms with Crippen molar-refractivity contribution in [2.24, 2.45) is 0 Å². The van der Waals surface area contributed by atoms with Crippen LogP contribution in [0.1, 0.15) is 10.4 Å². The van der Waals surface area contributed by atoms with E-state index in [0.717, 1.165) is 5.56 Å². The minimum atomic E-state index is 0.0283. The van der Waals surface area contributed by atoms with Crippen LogP contribution < -0.4 is 0 Å². The molecule has 0 atom stereocenters. The van der Waals surface area contributed by atoms with Crippen molar-refractivity contribution >= 4 is 26.3 Å². The van der Waals surface area contributed by atoms with E-state index in [2.05, 4.69) is 15.6 Å². The van der Waals surface area contributed by atoms with E-state index < -0.39 is 0 Å². The number of carbonyl (C=O) groups is 1. The molecular weight excluding hydrogens is 191 g/mol. The molecular formula is C8H6OSe. The number of ketones is 1. The molecule has 0 aliphatic heterocycles. The number of hydrogen-bond donors (Lipinski definition) is 0. The zero-order valence-corrected chi connectivity index (χ0v) is 6.99. The molecule has 0 radical (unpaired) electrons. The van der Waals surface area contributed by atoms with Crippen molar-refractivity contribution in [3.05, 3.63) is 35.9 Å². The molecule has 0 aliphatic carbocycles. The van der Waals surface area contributed by atoms with E-state index in [1.54, 1.807) is 12.1 Å². The van der Waals surface area contributed by atoms with Crippen LogP contribution >= 0.6 is 0 Å². The Bertz CT molecular complexity index is 241. The topological polar surface area (TPSA) is 17.1 Å². The summed E-state index contributed by atoms with van der Waals surface area (Å²) in [4.78, 5) is 12.4. The summed E-state index contributed by atoms with van der Waals surface area (Å²) < 4.78 is 0. The summed E-state index contributed by atoms with van der Waals surface area (Å²) in [5.74, 6) is 0.0283. The van der Waals surface area contributed by atoms with E-state index in [1.807, 2.05) is 18.2 Å². The Kier molecular flexibility index (Phi) is 2.55. The second-order valence-electron chi connectivity index (χ2n) is 1.85. The molecule has 0 saturated heterocycles. The number of Topliss-reactive ketones (excluding diaryl/α,β-unsaturated/α-hetero) is 1. The first-order valence-corrected chi connectivity index (χ1v) is 3.88. The van der Waals surface area contributed by atoms with Crippen molar-refractivity contribution in [2.75, 3.05) is 0 Å². The molecule has 1 rings (SSSR count). The van der Waals surface area contributed by atoms with Crippen LogP contribution in [0.25, 0.3) is 0 Å². The maximum atomic E-state index is 10.9. The third-order valence-corrected chi connectivity index (χ3v) is 1.61. The van der Waals surface area contributed by atoms with E-state index >= 15 is 0 Å². The predicted molar refractivity (Wildman–Crippen MR) is 42.6 cm³/mol. The van der Waals surface area contributed by atoms with Gasteiger partial charge in [-0.25, -0.2) is 0 Å². The first-order chi connectivity index (χ1) is 4.84. The van der Waals surface area contributed by atoms with Crippen molar-refractivity contribution < 1.29 is 4.79 Å². The molecule has 2 heteroatoms. The van der Waals surface area contributed by atoms with Crippen LogP contribution in [-0.4, -0.2) is 26.3 Å². The van der Waals surface area contributed by atoms with Crippen LogP contribution in [0.2, 0.25) is 0 Å². The number of rotatable bonds is 2. The van der Waals surface area contributed by atoms with Crippen molar-refractivity contribution in [2.45, 2.75) is 0 Å². The van der Waals surface area contributed by atoms with Crippen LogP contribution in [0, 0.1) is 0 Å². The van der Waals surface area contributed by atoms with Gasteiger partial charge in [0, 0.05) is 0 Å². The molecule has 0 unspecified atom stereocenters. The third kappa shape index (κ3) is 1.63. The second-order valence-corrected chi connectivity index (χ2v) is 2.34. The maximum absolute atomic E-state index is 10.9. The molecule has 0 fully saturated rings. The first kappa shape index (κ1) is 7.39. The Morgan fingerprint density at radius 2 is 1.90 bits per heavy atom. The molecule has 1 nitrogen and oxygen atoms in total. The molecule has 10 heavy (non-hydrogen) atoms. The summed E-state index contributed by atoms with van der Waals surface area (Å²) in [6.07, 6.45) is 0. The summed E-state index contributed by atoms with van der Waals surface area (Å²) in [5, 5.41) is 0. The number of carbonyl (C=O) groups excluding carboxylic acids is 1. The van der Waals surface area contributed by atoms with Gasteiger partial charge in [-0.05, 0) is 0 Å². The monoisotopic (exact) mass is 198 g/mol. The average molecular weight is 197 g/mol. The predicted octanol–water partition coefficient (Wildman–Crippen LogP) is 0.840. The molecule has 1 aromatic rings. The van der Waals surface area contributed by atoms with E-state index in [1.165, 1.54) is 4.92 Å². The Labute approximate surface area is 67.4 Å². The summed E-state index contributed by atoms with van der Waals surface area (Å²) in [5.41, 5.74) is 0.723. The number of hydrogen-bond acceptors (Lipinski definition) is 1. The van der Waals surface area contributed by atoms with Crippen LogP contribution in [0.5, 0.6) is 0 Å². The zero-order valence-electron chi connectivity index (χ0n) is 5.28. The van der Waals surface area contributed by atoms with Crippen molar-refractivity contribution in [3.8, 4) is 0 Å². The third-order valence-electron chi connectivity index (χ3n) is 1.17. The van der Waals surface area contributed by atoms with Crippen molar-refractivity contribution in [1.29, 1.82) is 0 Å². The Balaban J connectivity index is 2.95. The van der Waals surface area contributed by atoms with Crippen LogP contribution in [-0.2, 0) is 0 Å². The summed E-state index contributed by atoms with van der Waals surface area (Å²) in [6.45, 7) is 0. The molecule has 0 bridgehead atoms. The normalized spacial score (nSPS) is 8.80. The standard InChI is InChI=1S/C8H6OSe/c9-8(6-10)7-4-2-1-3-5-7/h1-6H. The fraction of sp³-hybridized carbons (Fsp3) is 0. The summed E-state index contributed by atoms with van der Waals surface area (Å²) in [6, 6.07) is 9.15. The van der Waals surface area contributed by atoms with Crippen molar-refractivity contribution in [1.82, 2.24) is 0 Å². The SMILES string of the molecule is O=C(C=[Se])c1ccccc1. The molecule has 1 aromatic carbocycles. The van der Waals surface area contributed by atoms with Gasteiger partial charge in [0.05, 0.1) is 0 Å². The molecule has 0 N–H and O–H groups in total. The van der Waals surface area contributed by atoms with Gasteiger partial charge in [0.15, 0.2) is 0 Å². The quantitative estimate of drug-likeness (QED) is 0.507. The van der Waals surface area contributed by atoms with Gasteiger partial charge < -0.3 is 0 Å². The zero-order chi connectivity index (χ0) is 7.40. The van der Waals surface area contributed by atoms with E-state index in [-0.39, 0.29) is 5.78 Å². The molecule has 0 amide bonds. The summed E-state index contributed by atoms with van der Waals surface area (Å²) in [7, 11) is 0. The van der Waals surface area contributed by atoms with E-state index in [0.29, 0.717) is 0 Å². The Morgan fingerprint density at radius 1 is 1.30 bits per heavy atom. The van der Waals surface area contributed by atoms with Gasteiger partial charge in [-0.15, -0.1) is 0 Å². The first-order valence-electron chi connectivity index (χ1n) is 2.89. The Hall–Kier alpha value is -0.721. The van der Waals surface area contributed by atoms with E-state index in [4.69, 9.17) is 0 Å². The van der Waals surface area contributed by atoms with E-state index in [9.17, 15) is 4.79 Å². The van der Waals surface area contributed by atoms with Gasteiger partial charge in [-0.1, -0.05) is 0 Å². The average Bonchev–Trinajstić information content (AvgIpc) is 2.05. The fourth-order valence-electron chi connectivity index (χ4n) is 0.670. The molecule has 0 aromatic heterocycles. The molecule has 0 aliphatic rings. The second kappa shape index (κ2) is 3.45. The summed E-state index contributed by atoms with van der Waals surface area (Å²) >= 11 is 2.57. The van der Waals surface area contributed by atoms with Gasteiger partial charge in [-0.2, -0.15) is 0 Å². The van der Waals surface area contributed by atoms with Gasteiger partial charge in [0.2, 0.25) is 0 Å². The van der Waals surface area contributed by atoms with Gasteiger partial charge in [-0.3, -0.25) is 0 Å². The van der Waals surface area contributed by atoms with Gasteiger partial charge in [0.1, 0.15) is 0 Å². The van der Waals surface area contributed by atoms with Gasteiger partial charge >= 0.3 is 67.0 Å². The fourth-order valence-corrected chi connectivity index (χ4v) is 0.956. The molecule has 0 saturated carbocycles. The Morgan fingerprint density at radius 3 is 2.40 bits per heavy atom. The van der Waals surface area contributed by atoms with Crippen LogP contribution in [0.3, 0.4) is 0 Å². The molecule has 50 valence electrons. The van der Waals surface area contributed by atoms with Gasteiger partial charge in [0.25, 0.3) is 0 Å². The minimum absolute atomic E-state index is 0.0283. The molecule has 0 spiro atoms. The van der Waals surface area contributed by atoms with Crippen molar-refractivity contribution in [3.63, 3.8) is 0 Å². The van der Waals surface area contributed by atoms with Crippen LogP contribution in [0.4, 0.5) is 0 Å². The number of benzene rings is 1. The van der Waals surface area contributed by atoms with Crippen LogP contribution in [0.15, 0.2) is 30.3 Å².